The van der Waals surface area contributed by atoms with E-state index in [1.54, 1.807) is 0 Å². The van der Waals surface area contributed by atoms with Gasteiger partial charge in [0.15, 0.2) is 0 Å². The monoisotopic (exact) mass is 323 g/mol. The molecule has 0 heterocycles. The lowest BCUT2D eigenvalue weighted by atomic mass is 9.63. The highest BCUT2D eigenvalue weighted by atomic mass is 79.9. The molecule has 0 radical (unpaired) electrons. The quantitative estimate of drug-likeness (QED) is 0.728. The molecular formula is C17H26BrN. The molecule has 2 rings (SSSR count). The zero-order valence-corrected chi connectivity index (χ0v) is 14.4. The summed E-state index contributed by atoms with van der Waals surface area (Å²) >= 11 is 3.67. The minimum atomic E-state index is 0.427. The van der Waals surface area contributed by atoms with E-state index in [0.717, 1.165) is 0 Å². The maximum atomic E-state index is 3.74. The van der Waals surface area contributed by atoms with E-state index in [9.17, 15) is 0 Å². The molecule has 0 aromatic heterocycles. The smallest absolute Gasteiger partial charge is 0.0486 e. The lowest BCUT2D eigenvalue weighted by Gasteiger charge is -2.45. The Morgan fingerprint density at radius 1 is 1.11 bits per heavy atom. The Kier molecular flexibility index (Phi) is 4.02. The first-order chi connectivity index (χ1) is 8.67. The zero-order valence-electron chi connectivity index (χ0n) is 12.8. The molecule has 0 bridgehead atoms. The Morgan fingerprint density at radius 3 is 2.21 bits per heavy atom. The first-order valence-corrected chi connectivity index (χ1v) is 7.99. The van der Waals surface area contributed by atoms with Crippen LogP contribution in [-0.4, -0.2) is 6.04 Å². The molecule has 0 atom stereocenters. The van der Waals surface area contributed by atoms with Crippen molar-refractivity contribution in [3.63, 3.8) is 0 Å². The van der Waals surface area contributed by atoms with Crippen LogP contribution in [0.1, 0.15) is 52.5 Å². The standard InChI is InChI=1S/C17H26BrN/c1-12-6-7-15(14(18)8-12)19-13-9-16(2,3)11-17(4,5)10-13/h6-8,13,19H,9-11H2,1-5H3. The van der Waals surface area contributed by atoms with E-state index in [0.29, 0.717) is 16.9 Å². The predicted octanol–water partition coefficient (Wildman–Crippen LogP) is 5.77. The fraction of sp³-hybridized carbons (Fsp3) is 0.647. The molecule has 1 aliphatic carbocycles. The number of nitrogens with one attached hydrogen (secondary N) is 1. The summed E-state index contributed by atoms with van der Waals surface area (Å²) in [5, 5.41) is 3.74. The molecule has 1 aromatic carbocycles. The van der Waals surface area contributed by atoms with Crippen molar-refractivity contribution in [2.45, 2.75) is 59.9 Å². The molecular weight excluding hydrogens is 298 g/mol. The van der Waals surface area contributed by atoms with Crippen molar-refractivity contribution in [1.29, 1.82) is 0 Å². The number of halogens is 1. The molecule has 0 amide bonds. The minimum Gasteiger partial charge on any atom is -0.381 e. The third-order valence-corrected chi connectivity index (χ3v) is 4.70. The number of hydrogen-bond acceptors (Lipinski definition) is 1. The van der Waals surface area contributed by atoms with Gasteiger partial charge in [-0.2, -0.15) is 0 Å². The minimum absolute atomic E-state index is 0.427. The van der Waals surface area contributed by atoms with Gasteiger partial charge < -0.3 is 5.32 Å². The topological polar surface area (TPSA) is 12.0 Å². The van der Waals surface area contributed by atoms with Gasteiger partial charge in [0.05, 0.1) is 0 Å². The molecule has 0 aliphatic heterocycles. The molecule has 0 unspecified atom stereocenters. The van der Waals surface area contributed by atoms with Crippen molar-refractivity contribution in [2.75, 3.05) is 5.32 Å². The van der Waals surface area contributed by atoms with Gasteiger partial charge in [-0.25, -0.2) is 0 Å². The Morgan fingerprint density at radius 2 is 1.68 bits per heavy atom. The Bertz CT molecular complexity index is 446. The Balaban J connectivity index is 2.14. The number of benzene rings is 1. The van der Waals surface area contributed by atoms with E-state index in [1.807, 2.05) is 0 Å². The van der Waals surface area contributed by atoms with Crippen molar-refractivity contribution in [1.82, 2.24) is 0 Å². The summed E-state index contributed by atoms with van der Waals surface area (Å²) < 4.78 is 1.17. The normalized spacial score (nSPS) is 22.2. The lowest BCUT2D eigenvalue weighted by Crippen LogP contribution is -2.40. The molecule has 19 heavy (non-hydrogen) atoms. The highest BCUT2D eigenvalue weighted by Gasteiger charge is 2.38. The van der Waals surface area contributed by atoms with Crippen molar-refractivity contribution < 1.29 is 0 Å². The summed E-state index contributed by atoms with van der Waals surface area (Å²) in [4.78, 5) is 0. The van der Waals surface area contributed by atoms with Crippen molar-refractivity contribution in [2.24, 2.45) is 10.8 Å². The van der Waals surface area contributed by atoms with E-state index in [1.165, 1.54) is 35.0 Å². The van der Waals surface area contributed by atoms with E-state index in [-0.39, 0.29) is 0 Å². The van der Waals surface area contributed by atoms with Gasteiger partial charge in [0.25, 0.3) is 0 Å². The molecule has 1 nitrogen and oxygen atoms in total. The van der Waals surface area contributed by atoms with Gasteiger partial charge in [0, 0.05) is 16.2 Å². The Hall–Kier alpha value is -0.500. The van der Waals surface area contributed by atoms with Gasteiger partial charge in [-0.05, 0) is 70.6 Å². The van der Waals surface area contributed by atoms with E-state index in [4.69, 9.17) is 0 Å². The summed E-state index contributed by atoms with van der Waals surface area (Å²) in [5.41, 5.74) is 3.37. The molecule has 1 aromatic rings. The van der Waals surface area contributed by atoms with Crippen LogP contribution < -0.4 is 5.32 Å². The number of aryl methyl sites for hydroxylation is 1. The fourth-order valence-corrected chi connectivity index (χ4v) is 4.51. The lowest BCUT2D eigenvalue weighted by molar-refractivity contribution is 0.105. The van der Waals surface area contributed by atoms with E-state index >= 15 is 0 Å². The van der Waals surface area contributed by atoms with Crippen LogP contribution in [-0.2, 0) is 0 Å². The molecule has 0 spiro atoms. The average molecular weight is 324 g/mol. The largest absolute Gasteiger partial charge is 0.381 e. The SMILES string of the molecule is Cc1ccc(NC2CC(C)(C)CC(C)(C)C2)c(Br)c1. The number of hydrogen-bond donors (Lipinski definition) is 1. The molecule has 0 saturated heterocycles. The molecule has 1 aliphatic rings. The first kappa shape index (κ1) is 14.9. The summed E-state index contributed by atoms with van der Waals surface area (Å²) in [7, 11) is 0. The zero-order chi connectivity index (χ0) is 14.3. The molecule has 1 saturated carbocycles. The van der Waals surface area contributed by atoms with Gasteiger partial charge >= 0.3 is 0 Å². The Labute approximate surface area is 126 Å². The summed E-state index contributed by atoms with van der Waals surface area (Å²) in [6.07, 6.45) is 3.81. The maximum absolute atomic E-state index is 3.74. The van der Waals surface area contributed by atoms with Crippen LogP contribution in [0.3, 0.4) is 0 Å². The highest BCUT2D eigenvalue weighted by Crippen LogP contribution is 2.46. The van der Waals surface area contributed by atoms with Crippen LogP contribution in [0, 0.1) is 17.8 Å². The first-order valence-electron chi connectivity index (χ1n) is 7.20. The second-order valence-electron chi connectivity index (χ2n) is 7.74. The molecule has 1 N–H and O–H groups in total. The van der Waals surface area contributed by atoms with E-state index in [2.05, 4.69) is 74.1 Å². The maximum Gasteiger partial charge on any atom is 0.0486 e. The average Bonchev–Trinajstić information content (AvgIpc) is 2.17. The number of anilines is 1. The van der Waals surface area contributed by atoms with Crippen LogP contribution in [0.15, 0.2) is 22.7 Å². The van der Waals surface area contributed by atoms with Crippen LogP contribution in [0.25, 0.3) is 0 Å². The van der Waals surface area contributed by atoms with Gasteiger partial charge in [-0.15, -0.1) is 0 Å². The van der Waals surface area contributed by atoms with Crippen molar-refractivity contribution >= 4 is 21.6 Å². The molecule has 106 valence electrons. The van der Waals surface area contributed by atoms with Gasteiger partial charge in [-0.1, -0.05) is 33.8 Å². The highest BCUT2D eigenvalue weighted by molar-refractivity contribution is 9.10. The summed E-state index contributed by atoms with van der Waals surface area (Å²) in [6, 6.07) is 7.11. The predicted molar refractivity (Wildman–Crippen MR) is 87.7 cm³/mol. The van der Waals surface area contributed by atoms with Gasteiger partial charge in [0.1, 0.15) is 0 Å². The third-order valence-electron chi connectivity index (χ3n) is 4.04. The fourth-order valence-electron chi connectivity index (χ4n) is 3.91. The van der Waals surface area contributed by atoms with Crippen LogP contribution >= 0.6 is 15.9 Å². The van der Waals surface area contributed by atoms with Crippen LogP contribution in [0.4, 0.5) is 5.69 Å². The third kappa shape index (κ3) is 3.98. The van der Waals surface area contributed by atoms with Crippen LogP contribution in [0.5, 0.6) is 0 Å². The summed E-state index contributed by atoms with van der Waals surface area (Å²) in [6.45, 7) is 11.7. The summed E-state index contributed by atoms with van der Waals surface area (Å²) in [5.74, 6) is 0. The van der Waals surface area contributed by atoms with Gasteiger partial charge in [-0.3, -0.25) is 0 Å². The van der Waals surface area contributed by atoms with Crippen molar-refractivity contribution in [3.05, 3.63) is 28.2 Å². The molecule has 1 fully saturated rings. The van der Waals surface area contributed by atoms with Gasteiger partial charge in [0.2, 0.25) is 0 Å². The van der Waals surface area contributed by atoms with E-state index < -0.39 is 0 Å². The second kappa shape index (κ2) is 5.12. The second-order valence-corrected chi connectivity index (χ2v) is 8.59. The number of rotatable bonds is 2. The molecule has 2 heteroatoms. The van der Waals surface area contributed by atoms with Crippen molar-refractivity contribution in [3.8, 4) is 0 Å². The van der Waals surface area contributed by atoms with Crippen LogP contribution in [0.2, 0.25) is 0 Å².